The highest BCUT2D eigenvalue weighted by Crippen LogP contribution is 2.39. The van der Waals surface area contributed by atoms with Crippen LogP contribution in [-0.4, -0.2) is 27.9 Å². The van der Waals surface area contributed by atoms with Crippen molar-refractivity contribution in [1.82, 2.24) is 5.32 Å². The zero-order chi connectivity index (χ0) is 14.8. The van der Waals surface area contributed by atoms with Crippen LogP contribution in [-0.2, 0) is 10.8 Å². The summed E-state index contributed by atoms with van der Waals surface area (Å²) >= 11 is 0. The highest BCUT2D eigenvalue weighted by atomic mass is 32.2. The zero-order valence-corrected chi connectivity index (χ0v) is 13.6. The molecule has 1 aromatic rings. The normalized spacial score (nSPS) is 23.5. The molecular weight excluding hydrogens is 270 g/mol. The van der Waals surface area contributed by atoms with Gasteiger partial charge in [-0.05, 0) is 32.9 Å². The van der Waals surface area contributed by atoms with E-state index in [9.17, 15) is 4.21 Å². The van der Waals surface area contributed by atoms with Gasteiger partial charge in [0, 0.05) is 40.3 Å². The molecule has 1 N–H and O–H groups in total. The third-order valence-electron chi connectivity index (χ3n) is 3.88. The molecule has 3 unspecified atom stereocenters. The number of rotatable bonds is 5. The Labute approximate surface area is 124 Å². The minimum atomic E-state index is -0.742. The molecule has 3 atom stereocenters. The summed E-state index contributed by atoms with van der Waals surface area (Å²) in [6.07, 6.45) is 3.66. The van der Waals surface area contributed by atoms with Crippen LogP contribution < -0.4 is 10.1 Å². The number of nitrogens with one attached hydrogen (secondary N) is 1. The Hall–Kier alpha value is -0.870. The molecule has 0 spiro atoms. The molecule has 1 heterocycles. The van der Waals surface area contributed by atoms with Gasteiger partial charge >= 0.3 is 0 Å². The fourth-order valence-electron chi connectivity index (χ4n) is 2.61. The van der Waals surface area contributed by atoms with Crippen LogP contribution in [0.25, 0.3) is 0 Å². The molecule has 4 heteroatoms. The Balaban J connectivity index is 2.02. The van der Waals surface area contributed by atoms with E-state index in [1.807, 2.05) is 19.1 Å². The van der Waals surface area contributed by atoms with E-state index in [2.05, 4.69) is 31.3 Å². The van der Waals surface area contributed by atoms with E-state index in [1.165, 1.54) is 5.56 Å². The number of para-hydroxylation sites is 1. The van der Waals surface area contributed by atoms with Gasteiger partial charge in [0.1, 0.15) is 11.4 Å². The monoisotopic (exact) mass is 295 g/mol. The van der Waals surface area contributed by atoms with Gasteiger partial charge in [0.05, 0.1) is 0 Å². The van der Waals surface area contributed by atoms with Crippen molar-refractivity contribution in [1.29, 1.82) is 0 Å². The first-order valence-corrected chi connectivity index (χ1v) is 8.85. The van der Waals surface area contributed by atoms with Gasteiger partial charge in [0.2, 0.25) is 0 Å². The van der Waals surface area contributed by atoms with Crippen LogP contribution in [0.2, 0.25) is 0 Å². The quantitative estimate of drug-likeness (QED) is 0.907. The molecule has 0 aliphatic carbocycles. The van der Waals surface area contributed by atoms with Gasteiger partial charge in [-0.25, -0.2) is 0 Å². The lowest BCUT2D eigenvalue weighted by Gasteiger charge is -2.38. The van der Waals surface area contributed by atoms with Crippen LogP contribution in [0.5, 0.6) is 5.75 Å². The smallest absolute Gasteiger partial charge is 0.124 e. The lowest BCUT2D eigenvalue weighted by atomic mass is 9.89. The highest BCUT2D eigenvalue weighted by Gasteiger charge is 2.33. The molecule has 2 rings (SSSR count). The van der Waals surface area contributed by atoms with Crippen molar-refractivity contribution >= 4 is 10.8 Å². The largest absolute Gasteiger partial charge is 0.487 e. The third kappa shape index (κ3) is 3.83. The maximum absolute atomic E-state index is 11.4. The van der Waals surface area contributed by atoms with Crippen molar-refractivity contribution in [3.05, 3.63) is 29.8 Å². The van der Waals surface area contributed by atoms with Crippen molar-refractivity contribution in [3.63, 3.8) is 0 Å². The number of hydrogen-bond acceptors (Lipinski definition) is 3. The van der Waals surface area contributed by atoms with E-state index in [1.54, 1.807) is 6.26 Å². The fraction of sp³-hybridized carbons (Fsp3) is 0.625. The van der Waals surface area contributed by atoms with E-state index < -0.39 is 10.8 Å². The van der Waals surface area contributed by atoms with Crippen LogP contribution >= 0.6 is 0 Å². The second-order valence-corrected chi connectivity index (χ2v) is 8.01. The summed E-state index contributed by atoms with van der Waals surface area (Å²) in [5.41, 5.74) is 1.09. The maximum Gasteiger partial charge on any atom is 0.124 e. The molecule has 0 bridgehead atoms. The summed E-state index contributed by atoms with van der Waals surface area (Å²) in [6, 6.07) is 8.55. The second kappa shape index (κ2) is 6.27. The first kappa shape index (κ1) is 15.5. The first-order chi connectivity index (χ1) is 9.39. The van der Waals surface area contributed by atoms with E-state index in [0.717, 1.165) is 25.1 Å². The summed E-state index contributed by atoms with van der Waals surface area (Å²) in [6.45, 7) is 7.18. The Bertz CT molecular complexity index is 487. The molecule has 1 aliphatic heterocycles. The molecule has 1 aromatic carbocycles. The summed E-state index contributed by atoms with van der Waals surface area (Å²) in [5.74, 6) is 0.980. The molecule has 0 amide bonds. The third-order valence-corrected chi connectivity index (χ3v) is 5.25. The summed E-state index contributed by atoms with van der Waals surface area (Å²) in [4.78, 5) is 0. The summed E-state index contributed by atoms with van der Waals surface area (Å²) in [5, 5.41) is 3.85. The molecule has 3 nitrogen and oxygen atoms in total. The lowest BCUT2D eigenvalue weighted by Crippen LogP contribution is -2.40. The number of ether oxygens (including phenoxy) is 1. The van der Waals surface area contributed by atoms with Gasteiger partial charge in [-0.3, -0.25) is 4.21 Å². The Morgan fingerprint density at radius 2 is 2.15 bits per heavy atom. The van der Waals surface area contributed by atoms with Crippen LogP contribution in [0.4, 0.5) is 0 Å². The Morgan fingerprint density at radius 3 is 2.85 bits per heavy atom. The van der Waals surface area contributed by atoms with Crippen LogP contribution in [0.15, 0.2) is 24.3 Å². The van der Waals surface area contributed by atoms with Crippen molar-refractivity contribution in [2.24, 2.45) is 0 Å². The molecule has 1 aliphatic rings. The molecule has 0 radical (unpaired) electrons. The number of fused-ring (bicyclic) bond motifs is 1. The molecule has 0 saturated heterocycles. The standard InChI is InChI=1S/C16H25NO2S/c1-12(20(4)18)9-10-17-14-11-16(2,3)19-15-8-6-5-7-13(14)15/h5-8,12,14,17H,9-11H2,1-4H3. The topological polar surface area (TPSA) is 38.3 Å². The summed E-state index contributed by atoms with van der Waals surface area (Å²) in [7, 11) is -0.742. The van der Waals surface area contributed by atoms with E-state index in [-0.39, 0.29) is 10.9 Å². The molecular formula is C16H25NO2S. The second-order valence-electron chi connectivity index (χ2n) is 6.21. The van der Waals surface area contributed by atoms with Gasteiger partial charge in [-0.1, -0.05) is 25.1 Å². The predicted molar refractivity (Wildman–Crippen MR) is 84.7 cm³/mol. The Kier molecular flexibility index (Phi) is 4.86. The van der Waals surface area contributed by atoms with Gasteiger partial charge in [-0.2, -0.15) is 0 Å². The van der Waals surface area contributed by atoms with Gasteiger partial charge in [0.25, 0.3) is 0 Å². The molecule has 0 fully saturated rings. The molecule has 0 aromatic heterocycles. The number of hydrogen-bond donors (Lipinski definition) is 1. The average molecular weight is 295 g/mol. The van der Waals surface area contributed by atoms with Crippen molar-refractivity contribution in [2.75, 3.05) is 12.8 Å². The average Bonchev–Trinajstić information content (AvgIpc) is 2.37. The van der Waals surface area contributed by atoms with Gasteiger partial charge in [0.15, 0.2) is 0 Å². The minimum Gasteiger partial charge on any atom is -0.487 e. The maximum atomic E-state index is 11.4. The zero-order valence-electron chi connectivity index (χ0n) is 12.8. The van der Waals surface area contributed by atoms with Gasteiger partial charge < -0.3 is 10.1 Å². The molecule has 20 heavy (non-hydrogen) atoms. The molecule has 0 saturated carbocycles. The van der Waals surface area contributed by atoms with E-state index in [0.29, 0.717) is 6.04 Å². The SMILES string of the molecule is CC(CCNC1CC(C)(C)Oc2ccccc21)S(C)=O. The highest BCUT2D eigenvalue weighted by molar-refractivity contribution is 7.84. The van der Waals surface area contributed by atoms with Crippen LogP contribution in [0, 0.1) is 0 Å². The van der Waals surface area contributed by atoms with Crippen LogP contribution in [0.3, 0.4) is 0 Å². The van der Waals surface area contributed by atoms with E-state index in [4.69, 9.17) is 4.74 Å². The fourth-order valence-corrected chi connectivity index (χ4v) is 3.06. The van der Waals surface area contributed by atoms with Crippen molar-refractivity contribution < 1.29 is 8.95 Å². The molecule has 112 valence electrons. The minimum absolute atomic E-state index is 0.148. The van der Waals surface area contributed by atoms with Gasteiger partial charge in [-0.15, -0.1) is 0 Å². The lowest BCUT2D eigenvalue weighted by molar-refractivity contribution is 0.0661. The first-order valence-electron chi connectivity index (χ1n) is 7.22. The number of benzene rings is 1. The summed E-state index contributed by atoms with van der Waals surface area (Å²) < 4.78 is 17.4. The van der Waals surface area contributed by atoms with Crippen molar-refractivity contribution in [2.45, 2.75) is 50.5 Å². The van der Waals surface area contributed by atoms with Crippen LogP contribution in [0.1, 0.15) is 45.2 Å². The Morgan fingerprint density at radius 1 is 1.45 bits per heavy atom. The van der Waals surface area contributed by atoms with Crippen molar-refractivity contribution in [3.8, 4) is 5.75 Å². The van der Waals surface area contributed by atoms with E-state index >= 15 is 0 Å². The predicted octanol–water partition coefficient (Wildman–Crippen LogP) is 3.04.